The molecule has 0 unspecified atom stereocenters. The minimum atomic E-state index is -0.505. The van der Waals surface area contributed by atoms with Gasteiger partial charge >= 0.3 is 0 Å². The molecule has 1 aromatic carbocycles. The van der Waals surface area contributed by atoms with E-state index in [1.54, 1.807) is 12.1 Å². The molecule has 0 spiro atoms. The van der Waals surface area contributed by atoms with Gasteiger partial charge in [0.1, 0.15) is 12.4 Å². The van der Waals surface area contributed by atoms with Gasteiger partial charge in [-0.05, 0) is 40.9 Å². The predicted molar refractivity (Wildman–Crippen MR) is 73.5 cm³/mol. The minimum absolute atomic E-state index is 0.267. The number of carbonyl (C=O) groups excluding carboxylic acids is 1. The Kier molecular flexibility index (Phi) is 3.92. The summed E-state index contributed by atoms with van der Waals surface area (Å²) in [5.41, 5.74) is 11.7. The number of benzene rings is 1. The number of rotatable bonds is 4. The van der Waals surface area contributed by atoms with Gasteiger partial charge in [-0.25, -0.2) is 0 Å². The molecule has 1 amide bonds. The van der Waals surface area contributed by atoms with Crippen LogP contribution in [0.15, 0.2) is 22.7 Å². The van der Waals surface area contributed by atoms with E-state index in [0.717, 1.165) is 25.7 Å². The molecule has 98 valence electrons. The molecule has 18 heavy (non-hydrogen) atoms. The number of hydrogen-bond acceptors (Lipinski definition) is 3. The van der Waals surface area contributed by atoms with Gasteiger partial charge in [0.25, 0.3) is 5.91 Å². The molecule has 0 aromatic heterocycles. The van der Waals surface area contributed by atoms with E-state index in [1.165, 1.54) is 0 Å². The number of ether oxygens (including phenoxy) is 1. The van der Waals surface area contributed by atoms with E-state index < -0.39 is 5.91 Å². The number of amides is 1. The quantitative estimate of drug-likeness (QED) is 0.894. The van der Waals surface area contributed by atoms with Crippen LogP contribution in [0.25, 0.3) is 0 Å². The Morgan fingerprint density at radius 2 is 2.06 bits per heavy atom. The maximum Gasteiger partial charge on any atom is 0.253 e. The highest BCUT2D eigenvalue weighted by Gasteiger charge is 2.30. The number of nitrogens with two attached hydrogens (primary N) is 2. The molecule has 0 radical (unpaired) electrons. The molecule has 0 heterocycles. The second kappa shape index (κ2) is 5.28. The van der Waals surface area contributed by atoms with Crippen LogP contribution in [0.1, 0.15) is 36.0 Å². The summed E-state index contributed by atoms with van der Waals surface area (Å²) in [6, 6.07) is 5.31. The average molecular weight is 313 g/mol. The van der Waals surface area contributed by atoms with Crippen molar-refractivity contribution >= 4 is 21.8 Å². The molecule has 1 aliphatic carbocycles. The highest BCUT2D eigenvalue weighted by molar-refractivity contribution is 9.10. The van der Waals surface area contributed by atoms with Crippen LogP contribution >= 0.6 is 15.9 Å². The van der Waals surface area contributed by atoms with Crippen molar-refractivity contribution in [2.45, 2.75) is 31.2 Å². The third-order valence-corrected chi connectivity index (χ3v) is 4.00. The van der Waals surface area contributed by atoms with Crippen molar-refractivity contribution in [1.29, 1.82) is 0 Å². The molecule has 1 aliphatic rings. The van der Waals surface area contributed by atoms with Gasteiger partial charge in [0, 0.05) is 4.47 Å². The van der Waals surface area contributed by atoms with Gasteiger partial charge in [0.2, 0.25) is 0 Å². The normalized spacial score (nSPS) is 17.7. The summed E-state index contributed by atoms with van der Waals surface area (Å²) >= 11 is 3.30. The van der Waals surface area contributed by atoms with Crippen LogP contribution in [0.2, 0.25) is 0 Å². The molecule has 0 atom stereocenters. The second-order valence-electron chi connectivity index (χ2n) is 4.84. The molecule has 1 saturated carbocycles. The molecule has 0 saturated heterocycles. The Labute approximate surface area is 115 Å². The van der Waals surface area contributed by atoms with Gasteiger partial charge in [0.05, 0.1) is 11.1 Å². The zero-order chi connectivity index (χ0) is 13.2. The van der Waals surface area contributed by atoms with Crippen LogP contribution in [0.5, 0.6) is 5.75 Å². The molecule has 4 N–H and O–H groups in total. The Hall–Kier alpha value is -1.07. The van der Waals surface area contributed by atoms with E-state index in [4.69, 9.17) is 16.2 Å². The fourth-order valence-electron chi connectivity index (χ4n) is 2.31. The molecule has 1 fully saturated rings. The summed E-state index contributed by atoms with van der Waals surface area (Å²) in [7, 11) is 0. The number of primary amides is 1. The van der Waals surface area contributed by atoms with Gasteiger partial charge < -0.3 is 16.2 Å². The molecule has 0 aliphatic heterocycles. The van der Waals surface area contributed by atoms with Crippen LogP contribution in [-0.4, -0.2) is 18.1 Å². The highest BCUT2D eigenvalue weighted by atomic mass is 79.9. The highest BCUT2D eigenvalue weighted by Crippen LogP contribution is 2.30. The third-order valence-electron chi connectivity index (χ3n) is 3.34. The van der Waals surface area contributed by atoms with Gasteiger partial charge in [-0.1, -0.05) is 18.9 Å². The topological polar surface area (TPSA) is 78.3 Å². The van der Waals surface area contributed by atoms with Crippen LogP contribution in [0.3, 0.4) is 0 Å². The minimum Gasteiger partial charge on any atom is -0.491 e. The van der Waals surface area contributed by atoms with Crippen LogP contribution in [0, 0.1) is 0 Å². The van der Waals surface area contributed by atoms with Crippen molar-refractivity contribution in [1.82, 2.24) is 0 Å². The lowest BCUT2D eigenvalue weighted by molar-refractivity contribution is 0.0993. The lowest BCUT2D eigenvalue weighted by atomic mass is 10.0. The van der Waals surface area contributed by atoms with E-state index in [1.807, 2.05) is 6.07 Å². The lowest BCUT2D eigenvalue weighted by Gasteiger charge is -2.24. The number of halogens is 1. The van der Waals surface area contributed by atoms with Crippen LogP contribution in [0.4, 0.5) is 0 Å². The third kappa shape index (κ3) is 2.84. The Morgan fingerprint density at radius 3 is 2.67 bits per heavy atom. The Balaban J connectivity index is 2.14. The smallest absolute Gasteiger partial charge is 0.253 e. The summed E-state index contributed by atoms with van der Waals surface area (Å²) in [6.07, 6.45) is 4.21. The predicted octanol–water partition coefficient (Wildman–Crippen LogP) is 2.20. The van der Waals surface area contributed by atoms with E-state index in [9.17, 15) is 4.79 Å². The standard InChI is InChI=1S/C13H17BrN2O2/c14-9-4-3-5-10(11(9)12(15)17)18-8-13(16)6-1-2-7-13/h3-5H,1-2,6-8,16H2,(H2,15,17). The first-order valence-corrected chi connectivity index (χ1v) is 6.81. The monoisotopic (exact) mass is 312 g/mol. The molecular formula is C13H17BrN2O2. The molecule has 2 rings (SSSR count). The average Bonchev–Trinajstić information content (AvgIpc) is 2.73. The first-order valence-electron chi connectivity index (χ1n) is 6.02. The fourth-order valence-corrected chi connectivity index (χ4v) is 2.85. The number of carbonyl (C=O) groups is 1. The van der Waals surface area contributed by atoms with Gasteiger partial charge in [0.15, 0.2) is 0 Å². The van der Waals surface area contributed by atoms with Gasteiger partial charge in [-0.15, -0.1) is 0 Å². The van der Waals surface area contributed by atoms with Crippen LogP contribution < -0.4 is 16.2 Å². The van der Waals surface area contributed by atoms with Crippen LogP contribution in [-0.2, 0) is 0 Å². The summed E-state index contributed by atoms with van der Waals surface area (Å²) < 4.78 is 6.35. The van der Waals surface area contributed by atoms with Gasteiger partial charge in [-0.3, -0.25) is 4.79 Å². The maximum absolute atomic E-state index is 11.4. The summed E-state index contributed by atoms with van der Waals surface area (Å²) in [4.78, 5) is 11.4. The molecule has 5 heteroatoms. The Bertz CT molecular complexity index is 456. The zero-order valence-corrected chi connectivity index (χ0v) is 11.7. The van der Waals surface area contributed by atoms with Gasteiger partial charge in [-0.2, -0.15) is 0 Å². The van der Waals surface area contributed by atoms with Crippen molar-refractivity contribution in [3.05, 3.63) is 28.2 Å². The van der Waals surface area contributed by atoms with Crippen molar-refractivity contribution in [2.24, 2.45) is 11.5 Å². The molecule has 0 bridgehead atoms. The zero-order valence-electron chi connectivity index (χ0n) is 10.1. The second-order valence-corrected chi connectivity index (χ2v) is 5.69. The molecular weight excluding hydrogens is 296 g/mol. The van der Waals surface area contributed by atoms with E-state index in [2.05, 4.69) is 15.9 Å². The van der Waals surface area contributed by atoms with Crippen molar-refractivity contribution in [3.63, 3.8) is 0 Å². The lowest BCUT2D eigenvalue weighted by Crippen LogP contribution is -2.42. The maximum atomic E-state index is 11.4. The van der Waals surface area contributed by atoms with Crippen molar-refractivity contribution in [2.75, 3.05) is 6.61 Å². The SMILES string of the molecule is NC(=O)c1c(Br)cccc1OCC1(N)CCCC1. The number of hydrogen-bond donors (Lipinski definition) is 2. The Morgan fingerprint density at radius 1 is 1.39 bits per heavy atom. The largest absolute Gasteiger partial charge is 0.491 e. The summed E-state index contributed by atoms with van der Waals surface area (Å²) in [5, 5.41) is 0. The van der Waals surface area contributed by atoms with Crippen molar-refractivity contribution in [3.8, 4) is 5.75 Å². The van der Waals surface area contributed by atoms with E-state index in [0.29, 0.717) is 22.4 Å². The molecule has 4 nitrogen and oxygen atoms in total. The van der Waals surface area contributed by atoms with E-state index in [-0.39, 0.29) is 5.54 Å². The van der Waals surface area contributed by atoms with E-state index >= 15 is 0 Å². The fraction of sp³-hybridized carbons (Fsp3) is 0.462. The first kappa shape index (κ1) is 13.4. The molecule has 1 aromatic rings. The van der Waals surface area contributed by atoms with Crippen molar-refractivity contribution < 1.29 is 9.53 Å². The first-order chi connectivity index (χ1) is 8.52. The summed E-state index contributed by atoms with van der Waals surface area (Å²) in [6.45, 7) is 0.420. The summed E-state index contributed by atoms with van der Waals surface area (Å²) in [5.74, 6) is -0.0106.